The molecule has 0 radical (unpaired) electrons. The number of ether oxygens (including phenoxy) is 1. The lowest BCUT2D eigenvalue weighted by Gasteiger charge is -2.01. The molecule has 0 unspecified atom stereocenters. The Morgan fingerprint density at radius 1 is 1.30 bits per heavy atom. The number of rotatable bonds is 4. The largest absolute Gasteiger partial charge is 0.452 e. The molecule has 2 aromatic heterocycles. The van der Waals surface area contributed by atoms with Crippen LogP contribution in [0.1, 0.15) is 21.8 Å². The van der Waals surface area contributed by atoms with Crippen molar-refractivity contribution in [3.8, 4) is 11.4 Å². The van der Waals surface area contributed by atoms with Crippen molar-refractivity contribution in [1.82, 2.24) is 15.1 Å². The highest BCUT2D eigenvalue weighted by Crippen LogP contribution is 2.20. The molecule has 0 spiro atoms. The van der Waals surface area contributed by atoms with Crippen molar-refractivity contribution in [3.63, 3.8) is 0 Å². The van der Waals surface area contributed by atoms with Crippen molar-refractivity contribution in [2.24, 2.45) is 0 Å². The monoisotopic (exact) mass is 373 g/mol. The van der Waals surface area contributed by atoms with Gasteiger partial charge in [0.05, 0.1) is 5.56 Å². The summed E-state index contributed by atoms with van der Waals surface area (Å²) < 4.78 is 11.0. The van der Waals surface area contributed by atoms with E-state index in [1.54, 1.807) is 12.3 Å². The predicted octanol–water partition coefficient (Wildman–Crippen LogP) is 3.56. The molecule has 0 aliphatic heterocycles. The molecular weight excluding hydrogens is 362 g/mol. The first-order chi connectivity index (χ1) is 11.1. The van der Waals surface area contributed by atoms with E-state index in [4.69, 9.17) is 9.26 Å². The van der Waals surface area contributed by atoms with Gasteiger partial charge in [-0.1, -0.05) is 29.4 Å². The number of esters is 1. The first-order valence-corrected chi connectivity index (χ1v) is 7.59. The van der Waals surface area contributed by atoms with Gasteiger partial charge in [0.25, 0.3) is 5.89 Å². The molecule has 3 rings (SSSR count). The molecule has 0 saturated heterocycles. The summed E-state index contributed by atoms with van der Waals surface area (Å²) in [4.78, 5) is 20.1. The third-order valence-electron chi connectivity index (χ3n) is 3.12. The lowest BCUT2D eigenvalue weighted by atomic mass is 10.1. The van der Waals surface area contributed by atoms with Crippen molar-refractivity contribution in [2.45, 2.75) is 13.5 Å². The van der Waals surface area contributed by atoms with E-state index in [2.05, 4.69) is 31.1 Å². The Labute approximate surface area is 140 Å². The van der Waals surface area contributed by atoms with Crippen LogP contribution < -0.4 is 0 Å². The molecule has 1 aromatic carbocycles. The van der Waals surface area contributed by atoms with Gasteiger partial charge in [-0.2, -0.15) is 4.98 Å². The van der Waals surface area contributed by atoms with Crippen molar-refractivity contribution >= 4 is 21.9 Å². The van der Waals surface area contributed by atoms with E-state index >= 15 is 0 Å². The third-order valence-corrected chi connectivity index (χ3v) is 3.56. The zero-order valence-electron chi connectivity index (χ0n) is 12.2. The molecule has 116 valence electrons. The minimum atomic E-state index is -0.505. The van der Waals surface area contributed by atoms with Crippen LogP contribution in [0.2, 0.25) is 0 Å². The van der Waals surface area contributed by atoms with Crippen LogP contribution in [0.4, 0.5) is 0 Å². The highest BCUT2D eigenvalue weighted by Gasteiger charge is 2.13. The van der Waals surface area contributed by atoms with Gasteiger partial charge in [-0.3, -0.25) is 4.98 Å². The number of nitrogens with zero attached hydrogens (tertiary/aromatic N) is 3. The first-order valence-electron chi connectivity index (χ1n) is 6.80. The molecule has 0 atom stereocenters. The van der Waals surface area contributed by atoms with Gasteiger partial charge in [0.1, 0.15) is 0 Å². The molecule has 0 aliphatic rings. The number of aryl methyl sites for hydroxylation is 1. The molecule has 0 saturated carbocycles. The van der Waals surface area contributed by atoms with E-state index in [1.807, 2.05) is 31.2 Å². The number of carbonyl (C=O) groups excluding carboxylic acids is 1. The molecule has 3 aromatic rings. The Balaban J connectivity index is 1.68. The second-order valence-electron chi connectivity index (χ2n) is 4.79. The number of hydrogen-bond donors (Lipinski definition) is 0. The van der Waals surface area contributed by atoms with Crippen LogP contribution in [0.15, 0.2) is 51.7 Å². The summed E-state index contributed by atoms with van der Waals surface area (Å²) in [5, 5.41) is 3.91. The summed E-state index contributed by atoms with van der Waals surface area (Å²) in [5.74, 6) is 0.201. The number of halogens is 1. The van der Waals surface area contributed by atoms with Crippen molar-refractivity contribution < 1.29 is 14.1 Å². The van der Waals surface area contributed by atoms with Gasteiger partial charge >= 0.3 is 5.97 Å². The number of aromatic nitrogens is 3. The number of benzene rings is 1. The molecule has 0 amide bonds. The average Bonchev–Trinajstić information content (AvgIpc) is 3.02. The maximum atomic E-state index is 11.9. The molecule has 23 heavy (non-hydrogen) atoms. The second kappa shape index (κ2) is 6.70. The fourth-order valence-corrected chi connectivity index (χ4v) is 2.35. The summed E-state index contributed by atoms with van der Waals surface area (Å²) in [6.07, 6.45) is 3.02. The van der Waals surface area contributed by atoms with Crippen LogP contribution in [-0.4, -0.2) is 21.1 Å². The lowest BCUT2D eigenvalue weighted by molar-refractivity contribution is 0.0429. The number of pyridine rings is 1. The summed E-state index contributed by atoms with van der Waals surface area (Å²) >= 11 is 3.25. The quantitative estimate of drug-likeness (QED) is 0.650. The Kier molecular flexibility index (Phi) is 4.47. The van der Waals surface area contributed by atoms with Crippen molar-refractivity contribution in [2.75, 3.05) is 0 Å². The fraction of sp³-hybridized carbons (Fsp3) is 0.125. The van der Waals surface area contributed by atoms with Gasteiger partial charge in [-0.25, -0.2) is 4.79 Å². The average molecular weight is 374 g/mol. The van der Waals surface area contributed by atoms with Crippen LogP contribution in [0.25, 0.3) is 11.4 Å². The van der Waals surface area contributed by atoms with Gasteiger partial charge in [0.2, 0.25) is 5.82 Å². The van der Waals surface area contributed by atoms with Gasteiger partial charge in [-0.05, 0) is 34.5 Å². The molecule has 0 N–H and O–H groups in total. The maximum Gasteiger partial charge on any atom is 0.340 e. The smallest absolute Gasteiger partial charge is 0.340 e. The van der Waals surface area contributed by atoms with E-state index < -0.39 is 5.97 Å². The van der Waals surface area contributed by atoms with Crippen molar-refractivity contribution in [1.29, 1.82) is 0 Å². The van der Waals surface area contributed by atoms with E-state index in [1.165, 1.54) is 6.20 Å². The summed E-state index contributed by atoms with van der Waals surface area (Å²) in [7, 11) is 0. The molecule has 0 bridgehead atoms. The zero-order valence-corrected chi connectivity index (χ0v) is 13.8. The lowest BCUT2D eigenvalue weighted by Crippen LogP contribution is -2.05. The number of hydrogen-bond acceptors (Lipinski definition) is 6. The van der Waals surface area contributed by atoms with Gasteiger partial charge < -0.3 is 9.26 Å². The molecule has 0 fully saturated rings. The van der Waals surface area contributed by atoms with E-state index in [0.29, 0.717) is 15.9 Å². The van der Waals surface area contributed by atoms with Crippen LogP contribution >= 0.6 is 15.9 Å². The SMILES string of the molecule is Cc1ccccc1-c1noc(COC(=O)c2cncc(Br)c2)n1. The highest BCUT2D eigenvalue weighted by atomic mass is 79.9. The minimum absolute atomic E-state index is 0.0930. The van der Waals surface area contributed by atoms with Crippen LogP contribution in [0.3, 0.4) is 0 Å². The normalized spacial score (nSPS) is 10.5. The Bertz CT molecular complexity index is 848. The van der Waals surface area contributed by atoms with E-state index in [-0.39, 0.29) is 12.5 Å². The van der Waals surface area contributed by atoms with Gasteiger partial charge in [0.15, 0.2) is 6.61 Å². The summed E-state index contributed by atoms with van der Waals surface area (Å²) in [5.41, 5.74) is 2.26. The standard InChI is InChI=1S/C16H12BrN3O3/c1-10-4-2-3-5-13(10)15-19-14(23-20-15)9-22-16(21)11-6-12(17)8-18-7-11/h2-8H,9H2,1H3. The summed E-state index contributed by atoms with van der Waals surface area (Å²) in [6.45, 7) is 1.87. The van der Waals surface area contributed by atoms with Crippen LogP contribution in [0, 0.1) is 6.92 Å². The Morgan fingerprint density at radius 2 is 2.13 bits per heavy atom. The van der Waals surface area contributed by atoms with Gasteiger partial charge in [0, 0.05) is 22.4 Å². The Morgan fingerprint density at radius 3 is 2.91 bits per heavy atom. The fourth-order valence-electron chi connectivity index (χ4n) is 1.98. The van der Waals surface area contributed by atoms with E-state index in [9.17, 15) is 4.79 Å². The molecule has 0 aliphatic carbocycles. The molecule has 2 heterocycles. The topological polar surface area (TPSA) is 78.1 Å². The van der Waals surface area contributed by atoms with Gasteiger partial charge in [-0.15, -0.1) is 0 Å². The van der Waals surface area contributed by atoms with Crippen LogP contribution in [0.5, 0.6) is 0 Å². The highest BCUT2D eigenvalue weighted by molar-refractivity contribution is 9.10. The molecule has 6 nitrogen and oxygen atoms in total. The minimum Gasteiger partial charge on any atom is -0.452 e. The molecule has 7 heteroatoms. The maximum absolute atomic E-state index is 11.9. The molecular formula is C16H12BrN3O3. The Hall–Kier alpha value is -2.54. The third kappa shape index (κ3) is 3.62. The van der Waals surface area contributed by atoms with E-state index in [0.717, 1.165) is 11.1 Å². The van der Waals surface area contributed by atoms with Crippen molar-refractivity contribution in [3.05, 3.63) is 64.2 Å². The first kappa shape index (κ1) is 15.4. The summed E-state index contributed by atoms with van der Waals surface area (Å²) in [6, 6.07) is 9.34. The predicted molar refractivity (Wildman–Crippen MR) is 85.5 cm³/mol. The zero-order chi connectivity index (χ0) is 16.2. The van der Waals surface area contributed by atoms with Crippen LogP contribution in [-0.2, 0) is 11.3 Å². The number of carbonyl (C=O) groups is 1. The second-order valence-corrected chi connectivity index (χ2v) is 5.71.